The third-order valence-electron chi connectivity index (χ3n) is 5.35. The first-order valence-electron chi connectivity index (χ1n) is 10.3. The molecule has 3 rings (SSSR count). The minimum atomic E-state index is -3.43. The number of anilines is 2. The molecule has 0 saturated carbocycles. The lowest BCUT2D eigenvalue weighted by Gasteiger charge is -2.22. The summed E-state index contributed by atoms with van der Waals surface area (Å²) in [6, 6.07) is 11.5. The van der Waals surface area contributed by atoms with Crippen LogP contribution in [0.5, 0.6) is 0 Å². The molecule has 8 nitrogen and oxygen atoms in total. The molecule has 33 heavy (non-hydrogen) atoms. The van der Waals surface area contributed by atoms with Crippen molar-refractivity contribution in [2.45, 2.75) is 32.7 Å². The molecule has 0 bridgehead atoms. The SMILES string of the molecule is Cc1cc(N(CCC#N)C(=O)COC(=O)c2ccc3c(c2)CC(C)N3S(C)(=O)=O)ccc1Cl. The lowest BCUT2D eigenvalue weighted by Crippen LogP contribution is -2.35. The van der Waals surface area contributed by atoms with Gasteiger partial charge in [0, 0.05) is 23.3 Å². The zero-order chi connectivity index (χ0) is 24.3. The minimum absolute atomic E-state index is 0.112. The van der Waals surface area contributed by atoms with E-state index in [4.69, 9.17) is 21.6 Å². The number of benzene rings is 2. The Morgan fingerprint density at radius 2 is 2.00 bits per heavy atom. The van der Waals surface area contributed by atoms with Crippen molar-refractivity contribution in [3.8, 4) is 6.07 Å². The molecule has 1 aliphatic rings. The fraction of sp³-hybridized carbons (Fsp3) is 0.348. The highest BCUT2D eigenvalue weighted by molar-refractivity contribution is 7.92. The number of carbonyl (C=O) groups is 2. The van der Waals surface area contributed by atoms with E-state index in [-0.39, 0.29) is 24.6 Å². The molecule has 1 heterocycles. The number of hydrogen-bond acceptors (Lipinski definition) is 6. The van der Waals surface area contributed by atoms with E-state index in [9.17, 15) is 18.0 Å². The van der Waals surface area contributed by atoms with Crippen LogP contribution in [0.1, 0.15) is 34.8 Å². The highest BCUT2D eigenvalue weighted by Gasteiger charge is 2.33. The number of esters is 1. The Balaban J connectivity index is 1.73. The zero-order valence-corrected chi connectivity index (χ0v) is 20.1. The van der Waals surface area contributed by atoms with Gasteiger partial charge in [-0.2, -0.15) is 5.26 Å². The topological polar surface area (TPSA) is 108 Å². The first-order valence-corrected chi connectivity index (χ1v) is 12.5. The van der Waals surface area contributed by atoms with Gasteiger partial charge in [0.15, 0.2) is 6.61 Å². The smallest absolute Gasteiger partial charge is 0.338 e. The maximum absolute atomic E-state index is 12.8. The van der Waals surface area contributed by atoms with Gasteiger partial charge in [0.2, 0.25) is 10.0 Å². The van der Waals surface area contributed by atoms with Crippen molar-refractivity contribution in [2.75, 3.05) is 28.6 Å². The molecule has 1 atom stereocenters. The van der Waals surface area contributed by atoms with Gasteiger partial charge in [0.25, 0.3) is 5.91 Å². The average Bonchev–Trinajstić information content (AvgIpc) is 3.09. The molecule has 1 unspecified atom stereocenters. The monoisotopic (exact) mass is 489 g/mol. The molecule has 0 aromatic heterocycles. The van der Waals surface area contributed by atoms with Gasteiger partial charge >= 0.3 is 5.97 Å². The molecule has 1 aliphatic heterocycles. The largest absolute Gasteiger partial charge is 0.452 e. The number of amides is 1. The average molecular weight is 490 g/mol. The van der Waals surface area contributed by atoms with Crippen molar-refractivity contribution in [1.82, 2.24) is 0 Å². The molecular formula is C23H24ClN3O5S. The van der Waals surface area contributed by atoms with E-state index in [2.05, 4.69) is 0 Å². The predicted octanol–water partition coefficient (Wildman–Crippen LogP) is 3.46. The van der Waals surface area contributed by atoms with Crippen LogP contribution in [0.15, 0.2) is 36.4 Å². The summed E-state index contributed by atoms with van der Waals surface area (Å²) in [5.74, 6) is -1.16. The van der Waals surface area contributed by atoms with Crippen molar-refractivity contribution in [2.24, 2.45) is 0 Å². The van der Waals surface area contributed by atoms with Gasteiger partial charge in [-0.1, -0.05) is 11.6 Å². The van der Waals surface area contributed by atoms with E-state index in [0.717, 1.165) is 17.4 Å². The molecule has 0 N–H and O–H groups in total. The third-order valence-corrected chi connectivity index (χ3v) is 7.05. The number of carbonyl (C=O) groups excluding carboxylic acids is 2. The van der Waals surface area contributed by atoms with Gasteiger partial charge < -0.3 is 9.64 Å². The summed E-state index contributed by atoms with van der Waals surface area (Å²) in [6.45, 7) is 3.24. The highest BCUT2D eigenvalue weighted by Crippen LogP contribution is 2.34. The van der Waals surface area contributed by atoms with E-state index in [1.165, 1.54) is 15.3 Å². The van der Waals surface area contributed by atoms with Crippen LogP contribution in [0.3, 0.4) is 0 Å². The first kappa shape index (κ1) is 24.6. The first-order chi connectivity index (χ1) is 15.5. The Morgan fingerprint density at radius 3 is 2.64 bits per heavy atom. The summed E-state index contributed by atoms with van der Waals surface area (Å²) in [7, 11) is -3.43. The van der Waals surface area contributed by atoms with Crippen molar-refractivity contribution >= 4 is 44.9 Å². The Kier molecular flexibility index (Phi) is 7.30. The number of nitriles is 1. The fourth-order valence-corrected chi connectivity index (χ4v) is 5.26. The van der Waals surface area contributed by atoms with Gasteiger partial charge in [0.05, 0.1) is 30.0 Å². The van der Waals surface area contributed by atoms with E-state index in [1.54, 1.807) is 44.2 Å². The Bertz CT molecular complexity index is 1240. The van der Waals surface area contributed by atoms with Crippen LogP contribution in [0, 0.1) is 18.3 Å². The van der Waals surface area contributed by atoms with Crippen molar-refractivity contribution in [3.05, 3.63) is 58.1 Å². The molecule has 2 aromatic rings. The van der Waals surface area contributed by atoms with Crippen LogP contribution in [-0.4, -0.2) is 45.7 Å². The van der Waals surface area contributed by atoms with Gasteiger partial charge in [-0.3, -0.25) is 9.10 Å². The van der Waals surface area contributed by atoms with Gasteiger partial charge in [-0.25, -0.2) is 13.2 Å². The highest BCUT2D eigenvalue weighted by atomic mass is 35.5. The maximum atomic E-state index is 12.8. The van der Waals surface area contributed by atoms with Gasteiger partial charge in [-0.15, -0.1) is 0 Å². The summed E-state index contributed by atoms with van der Waals surface area (Å²) >= 11 is 6.06. The Labute approximate surface area is 198 Å². The van der Waals surface area contributed by atoms with Gasteiger partial charge in [0.1, 0.15) is 0 Å². The van der Waals surface area contributed by atoms with Crippen molar-refractivity contribution in [1.29, 1.82) is 5.26 Å². The summed E-state index contributed by atoms with van der Waals surface area (Å²) in [5, 5.41) is 9.49. The van der Waals surface area contributed by atoms with E-state index >= 15 is 0 Å². The fourth-order valence-electron chi connectivity index (χ4n) is 3.88. The van der Waals surface area contributed by atoms with Crippen molar-refractivity contribution < 1.29 is 22.7 Å². The second-order valence-electron chi connectivity index (χ2n) is 7.92. The molecule has 1 amide bonds. The molecule has 0 aliphatic carbocycles. The van der Waals surface area contributed by atoms with E-state index in [1.807, 2.05) is 6.07 Å². The Hall–Kier alpha value is -3.09. The standard InChI is InChI=1S/C23H24ClN3O5S/c1-15-11-19(6-7-20(15)24)26(10-4-9-25)22(28)14-32-23(29)17-5-8-21-18(13-17)12-16(2)27(21)33(3,30)31/h5-8,11,13,16H,4,10,12,14H2,1-3H3. The number of fused-ring (bicyclic) bond motifs is 1. The number of ether oxygens (including phenoxy) is 1. The number of rotatable bonds is 7. The number of sulfonamides is 1. The number of hydrogen-bond donors (Lipinski definition) is 0. The van der Waals surface area contributed by atoms with Crippen LogP contribution in [-0.2, 0) is 26.0 Å². The van der Waals surface area contributed by atoms with Crippen LogP contribution in [0.2, 0.25) is 5.02 Å². The lowest BCUT2D eigenvalue weighted by molar-refractivity contribution is -0.121. The molecule has 174 valence electrons. The lowest BCUT2D eigenvalue weighted by atomic mass is 10.1. The number of aryl methyl sites for hydroxylation is 1. The maximum Gasteiger partial charge on any atom is 0.338 e. The summed E-state index contributed by atoms with van der Waals surface area (Å²) < 4.78 is 30.7. The third kappa shape index (κ3) is 5.46. The molecule has 2 aromatic carbocycles. The van der Waals surface area contributed by atoms with Crippen LogP contribution in [0.25, 0.3) is 0 Å². The molecule has 0 radical (unpaired) electrons. The van der Waals surface area contributed by atoms with E-state index in [0.29, 0.717) is 22.8 Å². The van der Waals surface area contributed by atoms with E-state index < -0.39 is 28.5 Å². The number of nitrogens with zero attached hydrogens (tertiary/aromatic N) is 3. The normalized spacial score (nSPS) is 15.0. The Morgan fingerprint density at radius 1 is 1.27 bits per heavy atom. The number of halogens is 1. The molecule has 0 fully saturated rings. The van der Waals surface area contributed by atoms with Crippen molar-refractivity contribution in [3.63, 3.8) is 0 Å². The quantitative estimate of drug-likeness (QED) is 0.551. The minimum Gasteiger partial charge on any atom is -0.452 e. The molecular weight excluding hydrogens is 466 g/mol. The molecule has 0 saturated heterocycles. The summed E-state index contributed by atoms with van der Waals surface area (Å²) in [4.78, 5) is 26.8. The van der Waals surface area contributed by atoms with Crippen LogP contribution < -0.4 is 9.21 Å². The molecule has 10 heteroatoms. The van der Waals surface area contributed by atoms with Crippen LogP contribution in [0.4, 0.5) is 11.4 Å². The second-order valence-corrected chi connectivity index (χ2v) is 10.2. The zero-order valence-electron chi connectivity index (χ0n) is 18.5. The molecule has 0 spiro atoms. The van der Waals surface area contributed by atoms with Gasteiger partial charge in [-0.05, 0) is 67.8 Å². The summed E-state index contributed by atoms with van der Waals surface area (Å²) in [6.07, 6.45) is 1.73. The van der Waals surface area contributed by atoms with Crippen LogP contribution >= 0.6 is 11.6 Å². The second kappa shape index (κ2) is 9.81. The predicted molar refractivity (Wildman–Crippen MR) is 126 cm³/mol. The summed E-state index contributed by atoms with van der Waals surface area (Å²) in [5.41, 5.74) is 2.83.